The van der Waals surface area contributed by atoms with Crippen LogP contribution in [0.25, 0.3) is 0 Å². The highest BCUT2D eigenvalue weighted by molar-refractivity contribution is 6.74. The van der Waals surface area contributed by atoms with Crippen LogP contribution in [0, 0.1) is 0 Å². The standard InChI is InChI=1S/C30H58O4Si/c1-7-8-9-10-11-12-13-14-15-16-17-18-19-20-21-26(31)24-28(32)29-23-22-27(34-29)25-33-35(5,6)30(2,3)4/h20-21,27-29,32H,7-19,22-25H2,1-6H3/b21-20+/t27-,28-,29-/m0/s1. The number of hydrogen-bond donors (Lipinski definition) is 1. The molecule has 1 rings (SSSR count). The summed E-state index contributed by atoms with van der Waals surface area (Å²) in [7, 11) is -1.79. The summed E-state index contributed by atoms with van der Waals surface area (Å²) in [5.41, 5.74) is 0. The smallest absolute Gasteiger partial charge is 0.192 e. The van der Waals surface area contributed by atoms with Crippen LogP contribution in [0.15, 0.2) is 12.2 Å². The monoisotopic (exact) mass is 510 g/mol. The van der Waals surface area contributed by atoms with Gasteiger partial charge >= 0.3 is 0 Å². The Balaban J connectivity index is 2.06. The maximum Gasteiger partial charge on any atom is 0.192 e. The number of ether oxygens (including phenoxy) is 1. The largest absolute Gasteiger partial charge is 0.414 e. The van der Waals surface area contributed by atoms with Crippen LogP contribution in [0.1, 0.15) is 130 Å². The molecule has 0 spiro atoms. The molecule has 206 valence electrons. The summed E-state index contributed by atoms with van der Waals surface area (Å²) >= 11 is 0. The average Bonchev–Trinajstić information content (AvgIpc) is 3.26. The predicted molar refractivity (Wildman–Crippen MR) is 152 cm³/mol. The lowest BCUT2D eigenvalue weighted by Gasteiger charge is -2.36. The second-order valence-electron chi connectivity index (χ2n) is 12.3. The number of hydrogen-bond acceptors (Lipinski definition) is 4. The van der Waals surface area contributed by atoms with Crippen LogP contribution in [0.2, 0.25) is 18.1 Å². The fraction of sp³-hybridized carbons (Fsp3) is 0.900. The molecule has 0 aliphatic carbocycles. The van der Waals surface area contributed by atoms with Crippen molar-refractivity contribution in [2.45, 2.75) is 167 Å². The van der Waals surface area contributed by atoms with Gasteiger partial charge in [0.05, 0.1) is 24.9 Å². The Morgan fingerprint density at radius 2 is 1.51 bits per heavy atom. The van der Waals surface area contributed by atoms with Crippen LogP contribution in [-0.2, 0) is 14.0 Å². The molecule has 0 saturated carbocycles. The first-order valence-electron chi connectivity index (χ1n) is 14.7. The number of aliphatic hydroxyl groups is 1. The van der Waals surface area contributed by atoms with E-state index in [-0.39, 0.29) is 29.5 Å². The maximum absolute atomic E-state index is 12.3. The molecule has 0 aromatic heterocycles. The number of rotatable bonds is 20. The number of carbonyl (C=O) groups excluding carboxylic acids is 1. The lowest BCUT2D eigenvalue weighted by atomic mass is 10.0. The molecule has 1 fully saturated rings. The van der Waals surface area contributed by atoms with E-state index < -0.39 is 14.4 Å². The van der Waals surface area contributed by atoms with Crippen molar-refractivity contribution in [2.24, 2.45) is 0 Å². The van der Waals surface area contributed by atoms with Gasteiger partial charge in [0.25, 0.3) is 0 Å². The molecule has 1 aliphatic rings. The third kappa shape index (κ3) is 14.7. The Labute approximate surface area is 218 Å². The topological polar surface area (TPSA) is 55.8 Å². The van der Waals surface area contributed by atoms with Crippen molar-refractivity contribution < 1.29 is 19.1 Å². The summed E-state index contributed by atoms with van der Waals surface area (Å²) in [6, 6.07) is 0. The van der Waals surface area contributed by atoms with Crippen molar-refractivity contribution in [3.63, 3.8) is 0 Å². The van der Waals surface area contributed by atoms with Gasteiger partial charge in [-0.2, -0.15) is 0 Å². The number of aliphatic hydroxyl groups excluding tert-OH is 1. The molecule has 0 aromatic carbocycles. The lowest BCUT2D eigenvalue weighted by molar-refractivity contribution is -0.119. The van der Waals surface area contributed by atoms with Crippen molar-refractivity contribution in [3.05, 3.63) is 12.2 Å². The molecule has 3 atom stereocenters. The molecule has 1 aliphatic heterocycles. The van der Waals surface area contributed by atoms with Crippen molar-refractivity contribution >= 4 is 14.1 Å². The summed E-state index contributed by atoms with van der Waals surface area (Å²) in [6.45, 7) is 14.1. The van der Waals surface area contributed by atoms with E-state index in [2.05, 4.69) is 40.8 Å². The van der Waals surface area contributed by atoms with Gasteiger partial charge in [0, 0.05) is 6.42 Å². The normalized spacial score (nSPS) is 20.1. The molecule has 0 amide bonds. The first-order valence-corrected chi connectivity index (χ1v) is 17.6. The van der Waals surface area contributed by atoms with Crippen molar-refractivity contribution in [3.8, 4) is 0 Å². The van der Waals surface area contributed by atoms with E-state index in [1.165, 1.54) is 70.6 Å². The van der Waals surface area contributed by atoms with E-state index in [1.54, 1.807) is 6.08 Å². The van der Waals surface area contributed by atoms with Gasteiger partial charge in [0.15, 0.2) is 14.1 Å². The molecule has 0 unspecified atom stereocenters. The fourth-order valence-electron chi connectivity index (χ4n) is 4.38. The highest BCUT2D eigenvalue weighted by atomic mass is 28.4. The van der Waals surface area contributed by atoms with Gasteiger partial charge < -0.3 is 14.3 Å². The van der Waals surface area contributed by atoms with Gasteiger partial charge in [-0.05, 0) is 49.9 Å². The van der Waals surface area contributed by atoms with Gasteiger partial charge in [0.1, 0.15) is 0 Å². The molecular weight excluding hydrogens is 452 g/mol. The molecule has 1 N–H and O–H groups in total. The summed E-state index contributed by atoms with van der Waals surface area (Å²) in [6.07, 6.45) is 21.6. The predicted octanol–water partition coefficient (Wildman–Crippen LogP) is 8.52. The Morgan fingerprint density at radius 3 is 2.06 bits per heavy atom. The van der Waals surface area contributed by atoms with Gasteiger partial charge in [-0.25, -0.2) is 0 Å². The Hall–Kier alpha value is -0.493. The first kappa shape index (κ1) is 32.5. The quantitative estimate of drug-likeness (QED) is 0.101. The minimum absolute atomic E-state index is 0.000935. The van der Waals surface area contributed by atoms with E-state index in [4.69, 9.17) is 9.16 Å². The maximum atomic E-state index is 12.3. The van der Waals surface area contributed by atoms with E-state index in [1.807, 2.05) is 6.08 Å². The number of ketones is 1. The molecule has 1 saturated heterocycles. The summed E-state index contributed by atoms with van der Waals surface area (Å²) in [5, 5.41) is 10.7. The van der Waals surface area contributed by atoms with E-state index in [0.717, 1.165) is 25.7 Å². The summed E-state index contributed by atoms with van der Waals surface area (Å²) < 4.78 is 12.3. The van der Waals surface area contributed by atoms with Crippen molar-refractivity contribution in [2.75, 3.05) is 6.61 Å². The van der Waals surface area contributed by atoms with Crippen LogP contribution in [0.5, 0.6) is 0 Å². The summed E-state index contributed by atoms with van der Waals surface area (Å²) in [5.74, 6) is 0.000935. The van der Waals surface area contributed by atoms with E-state index >= 15 is 0 Å². The Morgan fingerprint density at radius 1 is 0.971 bits per heavy atom. The summed E-state index contributed by atoms with van der Waals surface area (Å²) in [4.78, 5) is 12.3. The minimum Gasteiger partial charge on any atom is -0.414 e. The van der Waals surface area contributed by atoms with E-state index in [0.29, 0.717) is 6.61 Å². The zero-order valence-corrected chi connectivity index (χ0v) is 25.1. The third-order valence-corrected chi connectivity index (χ3v) is 12.4. The van der Waals surface area contributed by atoms with Crippen LogP contribution >= 0.6 is 0 Å². The number of carbonyl (C=O) groups is 1. The number of unbranched alkanes of at least 4 members (excludes halogenated alkanes) is 12. The highest BCUT2D eigenvalue weighted by Gasteiger charge is 2.39. The second kappa shape index (κ2) is 17.9. The molecule has 4 nitrogen and oxygen atoms in total. The molecular formula is C30H58O4Si. The zero-order valence-electron chi connectivity index (χ0n) is 24.1. The molecule has 0 bridgehead atoms. The third-order valence-electron chi connectivity index (χ3n) is 7.94. The van der Waals surface area contributed by atoms with Gasteiger partial charge in [0.2, 0.25) is 0 Å². The van der Waals surface area contributed by atoms with Crippen molar-refractivity contribution in [1.82, 2.24) is 0 Å². The van der Waals surface area contributed by atoms with Crippen LogP contribution in [0.3, 0.4) is 0 Å². The highest BCUT2D eigenvalue weighted by Crippen LogP contribution is 2.37. The SMILES string of the molecule is CCCCCCCCCCCCCC/C=C/C(=O)C[C@H](O)[C@@H]1CC[C@@H](CO[Si](C)(C)C(C)(C)C)O1. The van der Waals surface area contributed by atoms with Gasteiger partial charge in [-0.15, -0.1) is 0 Å². The van der Waals surface area contributed by atoms with Gasteiger partial charge in [-0.3, -0.25) is 4.79 Å². The van der Waals surface area contributed by atoms with E-state index in [9.17, 15) is 9.90 Å². The van der Waals surface area contributed by atoms with Crippen LogP contribution in [0.4, 0.5) is 0 Å². The molecule has 0 aromatic rings. The zero-order chi connectivity index (χ0) is 26.2. The van der Waals surface area contributed by atoms with Gasteiger partial charge in [-0.1, -0.05) is 104 Å². The molecule has 5 heteroatoms. The Bertz CT molecular complexity index is 581. The first-order chi connectivity index (χ1) is 16.6. The molecule has 35 heavy (non-hydrogen) atoms. The average molecular weight is 511 g/mol. The Kier molecular flexibility index (Phi) is 16.6. The number of allylic oxidation sites excluding steroid dienone is 2. The molecule has 0 radical (unpaired) electrons. The minimum atomic E-state index is -1.79. The van der Waals surface area contributed by atoms with Crippen molar-refractivity contribution in [1.29, 1.82) is 0 Å². The van der Waals surface area contributed by atoms with Crippen LogP contribution < -0.4 is 0 Å². The fourth-order valence-corrected chi connectivity index (χ4v) is 5.42. The lowest BCUT2D eigenvalue weighted by Crippen LogP contribution is -2.42. The molecule has 1 heterocycles. The van der Waals surface area contributed by atoms with Crippen LogP contribution in [-0.4, -0.2) is 44.1 Å². The second-order valence-corrected chi connectivity index (χ2v) is 17.1.